The van der Waals surface area contributed by atoms with Crippen molar-refractivity contribution in [2.45, 2.75) is 6.04 Å². The SMILES string of the molecule is CN1c2ccccc2C(c2ccccc2F)=NCC1CNC(=O)c1ccsc1.Cl. The van der Waals surface area contributed by atoms with E-state index in [-0.39, 0.29) is 30.2 Å². The molecule has 2 heterocycles. The molecular weight excluding hydrogens is 409 g/mol. The molecule has 4 nitrogen and oxygen atoms in total. The van der Waals surface area contributed by atoms with Crippen molar-refractivity contribution in [3.8, 4) is 0 Å². The van der Waals surface area contributed by atoms with Crippen LogP contribution in [0.1, 0.15) is 21.5 Å². The number of likely N-dealkylation sites (N-methyl/N-ethyl adjacent to an activating group) is 1. The standard InChI is InChI=1S/C22H20FN3OS.ClH/c1-26-16(13-25-22(27)15-10-11-28-14-15)12-24-21(17-6-2-4-8-19(17)23)18-7-3-5-9-20(18)26;/h2-11,14,16H,12-13H2,1H3,(H,25,27);1H. The van der Waals surface area contributed by atoms with Gasteiger partial charge in [0, 0.05) is 41.4 Å². The van der Waals surface area contributed by atoms with E-state index in [4.69, 9.17) is 4.99 Å². The summed E-state index contributed by atoms with van der Waals surface area (Å²) in [6, 6.07) is 16.3. The van der Waals surface area contributed by atoms with Crippen LogP contribution in [0.2, 0.25) is 0 Å². The molecule has 1 amide bonds. The van der Waals surface area contributed by atoms with E-state index >= 15 is 0 Å². The lowest BCUT2D eigenvalue weighted by molar-refractivity contribution is 0.0952. The molecule has 0 saturated carbocycles. The number of hydrogen-bond acceptors (Lipinski definition) is 4. The van der Waals surface area contributed by atoms with Gasteiger partial charge in [-0.3, -0.25) is 9.79 Å². The summed E-state index contributed by atoms with van der Waals surface area (Å²) in [5.41, 5.74) is 3.66. The van der Waals surface area contributed by atoms with E-state index in [0.717, 1.165) is 11.3 Å². The maximum absolute atomic E-state index is 14.5. The highest BCUT2D eigenvalue weighted by molar-refractivity contribution is 7.08. The molecule has 7 heteroatoms. The van der Waals surface area contributed by atoms with Crippen LogP contribution in [0.25, 0.3) is 0 Å². The molecule has 4 rings (SSSR count). The summed E-state index contributed by atoms with van der Waals surface area (Å²) in [7, 11) is 1.99. The van der Waals surface area contributed by atoms with E-state index in [0.29, 0.717) is 29.9 Å². The Labute approximate surface area is 179 Å². The number of aliphatic imine (C=N–C) groups is 1. The third-order valence-corrected chi connectivity index (χ3v) is 5.64. The predicted molar refractivity (Wildman–Crippen MR) is 119 cm³/mol. The van der Waals surface area contributed by atoms with Crippen molar-refractivity contribution in [2.24, 2.45) is 4.99 Å². The van der Waals surface area contributed by atoms with Gasteiger partial charge in [0.2, 0.25) is 0 Å². The van der Waals surface area contributed by atoms with Gasteiger partial charge in [-0.1, -0.05) is 30.3 Å². The fourth-order valence-electron chi connectivity index (χ4n) is 3.37. The van der Waals surface area contributed by atoms with Gasteiger partial charge in [0.1, 0.15) is 5.82 Å². The normalized spacial score (nSPS) is 15.6. The number of nitrogens with one attached hydrogen (secondary N) is 1. The van der Waals surface area contributed by atoms with Crippen molar-refractivity contribution in [2.75, 3.05) is 25.0 Å². The molecule has 0 aliphatic carbocycles. The molecule has 3 aromatic rings. The molecule has 0 spiro atoms. The van der Waals surface area contributed by atoms with Crippen LogP contribution in [0.4, 0.5) is 10.1 Å². The van der Waals surface area contributed by atoms with Crippen molar-refractivity contribution in [3.63, 3.8) is 0 Å². The van der Waals surface area contributed by atoms with Crippen LogP contribution in [0, 0.1) is 5.82 Å². The summed E-state index contributed by atoms with van der Waals surface area (Å²) in [6.45, 7) is 0.909. The van der Waals surface area contributed by atoms with Crippen molar-refractivity contribution in [1.29, 1.82) is 0 Å². The third-order valence-electron chi connectivity index (χ3n) is 4.96. The number of hydrogen-bond donors (Lipinski definition) is 1. The van der Waals surface area contributed by atoms with Crippen molar-refractivity contribution in [1.82, 2.24) is 5.32 Å². The zero-order valence-electron chi connectivity index (χ0n) is 15.8. The number of fused-ring (bicyclic) bond motifs is 1. The maximum Gasteiger partial charge on any atom is 0.252 e. The predicted octanol–water partition coefficient (Wildman–Crippen LogP) is 4.39. The molecule has 1 aromatic heterocycles. The average molecular weight is 430 g/mol. The summed E-state index contributed by atoms with van der Waals surface area (Å²) >= 11 is 1.49. The van der Waals surface area contributed by atoms with E-state index < -0.39 is 0 Å². The number of anilines is 1. The molecule has 0 bridgehead atoms. The van der Waals surface area contributed by atoms with Crippen LogP contribution >= 0.6 is 23.7 Å². The van der Waals surface area contributed by atoms with E-state index in [2.05, 4.69) is 10.2 Å². The molecule has 0 radical (unpaired) electrons. The highest BCUT2D eigenvalue weighted by Crippen LogP contribution is 2.28. The van der Waals surface area contributed by atoms with Gasteiger partial charge in [0.05, 0.1) is 18.3 Å². The number of para-hydroxylation sites is 1. The molecular formula is C22H21ClFN3OS. The summed E-state index contributed by atoms with van der Waals surface area (Å²) in [4.78, 5) is 19.2. The quantitative estimate of drug-likeness (QED) is 0.668. The lowest BCUT2D eigenvalue weighted by Crippen LogP contribution is -2.43. The molecule has 0 fully saturated rings. The Bertz CT molecular complexity index is 1020. The van der Waals surface area contributed by atoms with E-state index in [9.17, 15) is 9.18 Å². The second kappa shape index (κ2) is 9.20. The summed E-state index contributed by atoms with van der Waals surface area (Å²) < 4.78 is 14.5. The molecule has 1 aliphatic heterocycles. The summed E-state index contributed by atoms with van der Waals surface area (Å²) in [6.07, 6.45) is 0. The Hall–Kier alpha value is -2.70. The zero-order valence-corrected chi connectivity index (χ0v) is 17.5. The highest BCUT2D eigenvalue weighted by atomic mass is 35.5. The van der Waals surface area contributed by atoms with Gasteiger partial charge in [0.15, 0.2) is 0 Å². The number of halogens is 2. The molecule has 0 saturated heterocycles. The van der Waals surface area contributed by atoms with Crippen LogP contribution in [-0.2, 0) is 0 Å². The first kappa shape index (κ1) is 21.0. The Kier molecular flexibility index (Phi) is 6.67. The Balaban J connectivity index is 0.00000240. The highest BCUT2D eigenvalue weighted by Gasteiger charge is 2.25. The first-order valence-corrected chi connectivity index (χ1v) is 10.0. The minimum absolute atomic E-state index is 0. The number of carbonyl (C=O) groups is 1. The number of rotatable bonds is 4. The van der Waals surface area contributed by atoms with Crippen LogP contribution in [-0.4, -0.2) is 37.8 Å². The van der Waals surface area contributed by atoms with E-state index in [1.54, 1.807) is 18.2 Å². The lowest BCUT2D eigenvalue weighted by Gasteiger charge is -2.28. The molecule has 1 unspecified atom stereocenters. The third kappa shape index (κ3) is 4.33. The fourth-order valence-corrected chi connectivity index (χ4v) is 4.01. The largest absolute Gasteiger partial charge is 0.367 e. The summed E-state index contributed by atoms with van der Waals surface area (Å²) in [5.74, 6) is -0.381. The van der Waals surface area contributed by atoms with E-state index in [1.807, 2.05) is 48.1 Å². The topological polar surface area (TPSA) is 44.7 Å². The number of thiophene rings is 1. The molecule has 29 heavy (non-hydrogen) atoms. The zero-order chi connectivity index (χ0) is 19.5. The van der Waals surface area contributed by atoms with Crippen LogP contribution in [0.3, 0.4) is 0 Å². The number of nitrogens with zero attached hydrogens (tertiary/aromatic N) is 2. The van der Waals surface area contributed by atoms with Crippen LogP contribution in [0.15, 0.2) is 70.3 Å². The molecule has 1 atom stereocenters. The van der Waals surface area contributed by atoms with E-state index in [1.165, 1.54) is 17.4 Å². The minimum Gasteiger partial charge on any atom is -0.367 e. The molecule has 2 aromatic carbocycles. The molecule has 1 aliphatic rings. The lowest BCUT2D eigenvalue weighted by atomic mass is 10.00. The summed E-state index contributed by atoms with van der Waals surface area (Å²) in [5, 5.41) is 6.70. The monoisotopic (exact) mass is 429 g/mol. The smallest absolute Gasteiger partial charge is 0.252 e. The van der Waals surface area contributed by atoms with Crippen LogP contribution in [0.5, 0.6) is 0 Å². The first-order valence-electron chi connectivity index (χ1n) is 9.07. The number of carbonyl (C=O) groups excluding carboxylic acids is 1. The second-order valence-corrected chi connectivity index (χ2v) is 7.45. The molecule has 1 N–H and O–H groups in total. The van der Waals surface area contributed by atoms with Gasteiger partial charge in [-0.2, -0.15) is 11.3 Å². The maximum atomic E-state index is 14.5. The van der Waals surface area contributed by atoms with Gasteiger partial charge < -0.3 is 10.2 Å². The second-order valence-electron chi connectivity index (χ2n) is 6.67. The first-order chi connectivity index (χ1) is 13.6. The van der Waals surface area contributed by atoms with Crippen LogP contribution < -0.4 is 10.2 Å². The fraction of sp³-hybridized carbons (Fsp3) is 0.182. The average Bonchev–Trinajstić information content (AvgIpc) is 3.22. The van der Waals surface area contributed by atoms with Gasteiger partial charge in [0.25, 0.3) is 5.91 Å². The number of benzene rings is 2. The Morgan fingerprint density at radius 3 is 2.62 bits per heavy atom. The van der Waals surface area contributed by atoms with Gasteiger partial charge in [-0.05, 0) is 29.6 Å². The van der Waals surface area contributed by atoms with Gasteiger partial charge in [-0.25, -0.2) is 4.39 Å². The number of benzodiazepines with no additional fused rings is 1. The van der Waals surface area contributed by atoms with Crippen molar-refractivity contribution < 1.29 is 9.18 Å². The molecule has 150 valence electrons. The van der Waals surface area contributed by atoms with Crippen molar-refractivity contribution >= 4 is 41.1 Å². The van der Waals surface area contributed by atoms with Gasteiger partial charge in [-0.15, -0.1) is 12.4 Å². The Morgan fingerprint density at radius 2 is 1.90 bits per heavy atom. The van der Waals surface area contributed by atoms with Gasteiger partial charge >= 0.3 is 0 Å². The minimum atomic E-state index is -0.289. The van der Waals surface area contributed by atoms with Crippen molar-refractivity contribution in [3.05, 3.63) is 87.9 Å². The Morgan fingerprint density at radius 1 is 1.17 bits per heavy atom. The number of amides is 1.